The Morgan fingerprint density at radius 3 is 1.62 bits per heavy atom. The first-order valence-electron chi connectivity index (χ1n) is 9.33. The number of hydrogen-bond acceptors (Lipinski definition) is 3. The molecule has 5 heteroatoms. The molecule has 0 bridgehead atoms. The minimum Gasteiger partial charge on any atom is -0.744 e. The second-order valence-corrected chi connectivity index (χ2v) is 8.64. The molecular formula is C19H31NO3S. The number of quaternary nitrogens is 1. The van der Waals surface area contributed by atoms with Crippen LogP contribution in [0.25, 0.3) is 0 Å². The van der Waals surface area contributed by atoms with Crippen molar-refractivity contribution in [3.63, 3.8) is 0 Å². The first-order valence-corrected chi connectivity index (χ1v) is 10.7. The van der Waals surface area contributed by atoms with Gasteiger partial charge in [0.2, 0.25) is 0 Å². The van der Waals surface area contributed by atoms with Crippen molar-refractivity contribution in [3.05, 3.63) is 29.8 Å². The highest BCUT2D eigenvalue weighted by atomic mass is 32.2. The molecule has 0 radical (unpaired) electrons. The molecule has 2 N–H and O–H groups in total. The minimum atomic E-state index is -4.27. The monoisotopic (exact) mass is 353 g/mol. The van der Waals surface area contributed by atoms with Crippen molar-refractivity contribution in [3.8, 4) is 0 Å². The van der Waals surface area contributed by atoms with Crippen LogP contribution < -0.4 is 5.32 Å². The van der Waals surface area contributed by atoms with E-state index < -0.39 is 10.1 Å². The van der Waals surface area contributed by atoms with Crippen LogP contribution in [0.4, 0.5) is 0 Å². The molecule has 0 atom stereocenters. The standard InChI is InChI=1S/C12H23N.C7H8O3S/c1-3-7-11(8-4-1)13-12-9-5-2-6-10-12;1-6-2-4-7(5-3-6)11(8,9)10/h11-13H,1-10H2;2-5H,1H3,(H,8,9,10). The minimum absolute atomic E-state index is 0.178. The summed E-state index contributed by atoms with van der Waals surface area (Å²) in [5.74, 6) is 0. The number of benzene rings is 1. The number of aryl methyl sites for hydroxylation is 1. The Morgan fingerprint density at radius 2 is 1.25 bits per heavy atom. The van der Waals surface area contributed by atoms with E-state index in [1.165, 1.54) is 76.3 Å². The number of nitrogens with two attached hydrogens (primary N) is 1. The second kappa shape index (κ2) is 9.54. The number of hydrogen-bond donors (Lipinski definition) is 1. The predicted octanol–water partition coefficient (Wildman–Crippen LogP) is 3.11. The first-order chi connectivity index (χ1) is 11.4. The fourth-order valence-electron chi connectivity index (χ4n) is 3.74. The van der Waals surface area contributed by atoms with E-state index >= 15 is 0 Å². The smallest absolute Gasteiger partial charge is 0.124 e. The van der Waals surface area contributed by atoms with Gasteiger partial charge in [0.1, 0.15) is 10.1 Å². The van der Waals surface area contributed by atoms with Gasteiger partial charge < -0.3 is 9.87 Å². The van der Waals surface area contributed by atoms with E-state index in [-0.39, 0.29) is 4.90 Å². The molecule has 0 heterocycles. The van der Waals surface area contributed by atoms with Gasteiger partial charge in [-0.05, 0) is 70.4 Å². The zero-order valence-electron chi connectivity index (χ0n) is 14.7. The van der Waals surface area contributed by atoms with Gasteiger partial charge in [0.05, 0.1) is 17.0 Å². The number of rotatable bonds is 3. The Morgan fingerprint density at radius 1 is 0.833 bits per heavy atom. The van der Waals surface area contributed by atoms with Crippen molar-refractivity contribution in [2.24, 2.45) is 0 Å². The topological polar surface area (TPSA) is 73.8 Å². The molecule has 0 saturated heterocycles. The van der Waals surface area contributed by atoms with Crippen molar-refractivity contribution in [2.45, 2.75) is 88.1 Å². The zero-order valence-corrected chi connectivity index (χ0v) is 15.6. The first kappa shape index (κ1) is 19.4. The summed E-state index contributed by atoms with van der Waals surface area (Å²) in [5, 5.41) is 2.72. The molecular weight excluding hydrogens is 322 g/mol. The Kier molecular flexibility index (Phi) is 7.72. The molecule has 2 fully saturated rings. The fraction of sp³-hybridized carbons (Fsp3) is 0.684. The molecule has 2 aliphatic carbocycles. The molecule has 136 valence electrons. The molecule has 0 unspecified atom stereocenters. The van der Waals surface area contributed by atoms with E-state index in [0.29, 0.717) is 0 Å². The SMILES string of the molecule is C1CCC([NH2+]C2CCCCC2)CC1.Cc1ccc(S(=O)(=O)[O-])cc1. The average molecular weight is 354 g/mol. The van der Waals surface area contributed by atoms with Gasteiger partial charge in [0.25, 0.3) is 0 Å². The van der Waals surface area contributed by atoms with Crippen molar-refractivity contribution in [1.82, 2.24) is 0 Å². The molecule has 0 aliphatic heterocycles. The van der Waals surface area contributed by atoms with E-state index in [4.69, 9.17) is 0 Å². The van der Waals surface area contributed by atoms with Gasteiger partial charge >= 0.3 is 0 Å². The summed E-state index contributed by atoms with van der Waals surface area (Å²) < 4.78 is 31.2. The molecule has 0 aromatic heterocycles. The maximum atomic E-state index is 10.4. The van der Waals surface area contributed by atoms with Crippen molar-refractivity contribution < 1.29 is 18.3 Å². The summed E-state index contributed by atoms with van der Waals surface area (Å²) in [4.78, 5) is -0.178. The van der Waals surface area contributed by atoms with Gasteiger partial charge in [-0.3, -0.25) is 0 Å². The second-order valence-electron chi connectivity index (χ2n) is 7.26. The van der Waals surface area contributed by atoms with Gasteiger partial charge in [-0.2, -0.15) is 0 Å². The maximum absolute atomic E-state index is 10.4. The molecule has 1 aromatic rings. The lowest BCUT2D eigenvalue weighted by molar-refractivity contribution is -0.725. The predicted molar refractivity (Wildman–Crippen MR) is 94.8 cm³/mol. The Labute approximate surface area is 146 Å². The maximum Gasteiger partial charge on any atom is 0.124 e. The third-order valence-corrected chi connectivity index (χ3v) is 6.00. The van der Waals surface area contributed by atoms with Crippen LogP contribution in [0.5, 0.6) is 0 Å². The largest absolute Gasteiger partial charge is 0.744 e. The quantitative estimate of drug-likeness (QED) is 0.849. The summed E-state index contributed by atoms with van der Waals surface area (Å²) in [6.45, 7) is 1.82. The van der Waals surface area contributed by atoms with Gasteiger partial charge in [-0.25, -0.2) is 8.42 Å². The van der Waals surface area contributed by atoms with E-state index in [1.54, 1.807) is 12.1 Å². The summed E-state index contributed by atoms with van der Waals surface area (Å²) >= 11 is 0. The van der Waals surface area contributed by atoms with Gasteiger partial charge in [0.15, 0.2) is 0 Å². The molecule has 1 aromatic carbocycles. The lowest BCUT2D eigenvalue weighted by atomic mass is 9.91. The summed E-state index contributed by atoms with van der Waals surface area (Å²) in [6, 6.07) is 7.78. The molecule has 2 aliphatic rings. The molecule has 0 amide bonds. The highest BCUT2D eigenvalue weighted by molar-refractivity contribution is 7.85. The van der Waals surface area contributed by atoms with Crippen LogP contribution in [0.2, 0.25) is 0 Å². The van der Waals surface area contributed by atoms with Gasteiger partial charge in [-0.1, -0.05) is 30.5 Å². The van der Waals surface area contributed by atoms with Crippen molar-refractivity contribution in [1.29, 1.82) is 0 Å². The van der Waals surface area contributed by atoms with E-state index in [2.05, 4.69) is 5.32 Å². The van der Waals surface area contributed by atoms with E-state index in [9.17, 15) is 13.0 Å². The third kappa shape index (κ3) is 6.91. The highest BCUT2D eigenvalue weighted by Crippen LogP contribution is 2.18. The zero-order chi connectivity index (χ0) is 17.4. The van der Waals surface area contributed by atoms with Crippen LogP contribution in [-0.2, 0) is 10.1 Å². The van der Waals surface area contributed by atoms with Gasteiger partial charge in [0, 0.05) is 0 Å². The normalized spacial score (nSPS) is 20.2. The van der Waals surface area contributed by atoms with Crippen molar-refractivity contribution in [2.75, 3.05) is 0 Å². The molecule has 2 saturated carbocycles. The molecule has 24 heavy (non-hydrogen) atoms. The van der Waals surface area contributed by atoms with Crippen molar-refractivity contribution >= 4 is 10.1 Å². The van der Waals surface area contributed by atoms with Crippen LogP contribution in [0.3, 0.4) is 0 Å². The average Bonchev–Trinajstić information content (AvgIpc) is 2.57. The third-order valence-electron chi connectivity index (χ3n) is 5.15. The summed E-state index contributed by atoms with van der Waals surface area (Å²) in [6.07, 6.45) is 15.0. The molecule has 0 spiro atoms. The van der Waals surface area contributed by atoms with Crippen LogP contribution in [0.1, 0.15) is 69.8 Å². The van der Waals surface area contributed by atoms with E-state index in [1.807, 2.05) is 6.92 Å². The van der Waals surface area contributed by atoms with Crippen LogP contribution in [0, 0.1) is 6.92 Å². The fourth-order valence-corrected chi connectivity index (χ4v) is 4.21. The van der Waals surface area contributed by atoms with Crippen LogP contribution in [0.15, 0.2) is 29.2 Å². The Hall–Kier alpha value is -0.910. The lowest BCUT2D eigenvalue weighted by Gasteiger charge is -2.27. The molecule has 3 rings (SSSR count). The summed E-state index contributed by atoms with van der Waals surface area (Å²) in [7, 11) is -4.27. The lowest BCUT2D eigenvalue weighted by Crippen LogP contribution is -2.95. The van der Waals surface area contributed by atoms with Crippen LogP contribution in [-0.4, -0.2) is 25.1 Å². The Bertz CT molecular complexity index is 555. The van der Waals surface area contributed by atoms with Gasteiger partial charge in [-0.15, -0.1) is 0 Å². The molecule has 4 nitrogen and oxygen atoms in total. The van der Waals surface area contributed by atoms with E-state index in [0.717, 1.165) is 17.6 Å². The highest BCUT2D eigenvalue weighted by Gasteiger charge is 2.22. The van der Waals surface area contributed by atoms with Crippen LogP contribution >= 0.6 is 0 Å². The summed E-state index contributed by atoms with van der Waals surface area (Å²) in [5.41, 5.74) is 0.928. The Balaban J connectivity index is 0.000000177.